The summed E-state index contributed by atoms with van der Waals surface area (Å²) in [6.45, 7) is 4.09. The monoisotopic (exact) mass is 437 g/mol. The Labute approximate surface area is 176 Å². The van der Waals surface area contributed by atoms with Crippen molar-refractivity contribution in [3.05, 3.63) is 69.6 Å². The lowest BCUT2D eigenvalue weighted by Crippen LogP contribution is -2.46. The number of rotatable bonds is 2. The van der Waals surface area contributed by atoms with E-state index in [0.717, 1.165) is 23.0 Å². The second kappa shape index (κ2) is 7.48. The molecule has 1 aromatic carbocycles. The summed E-state index contributed by atoms with van der Waals surface area (Å²) >= 11 is 5.96. The summed E-state index contributed by atoms with van der Waals surface area (Å²) in [5.74, 6) is 0.157. The van der Waals surface area contributed by atoms with Crippen LogP contribution in [0.15, 0.2) is 47.9 Å². The molecule has 0 bridgehead atoms. The van der Waals surface area contributed by atoms with Crippen molar-refractivity contribution in [1.82, 2.24) is 20.8 Å². The van der Waals surface area contributed by atoms with Crippen LogP contribution in [0.5, 0.6) is 0 Å². The highest BCUT2D eigenvalue weighted by Crippen LogP contribution is 2.37. The van der Waals surface area contributed by atoms with Crippen LogP contribution in [-0.4, -0.2) is 28.4 Å². The Morgan fingerprint density at radius 1 is 1.27 bits per heavy atom. The molecule has 2 aliphatic heterocycles. The van der Waals surface area contributed by atoms with Gasteiger partial charge in [-0.05, 0) is 37.6 Å². The van der Waals surface area contributed by atoms with Crippen LogP contribution in [0.1, 0.15) is 34.8 Å². The van der Waals surface area contributed by atoms with E-state index in [9.17, 15) is 18.0 Å². The highest BCUT2D eigenvalue weighted by molar-refractivity contribution is 6.34. The Hall–Kier alpha value is -2.78. The molecule has 158 valence electrons. The summed E-state index contributed by atoms with van der Waals surface area (Å²) in [6.07, 6.45) is -2.38. The summed E-state index contributed by atoms with van der Waals surface area (Å²) in [4.78, 5) is 19.0. The van der Waals surface area contributed by atoms with Crippen molar-refractivity contribution in [1.29, 1.82) is 0 Å². The van der Waals surface area contributed by atoms with Crippen LogP contribution in [0.3, 0.4) is 0 Å². The van der Waals surface area contributed by atoms with Gasteiger partial charge < -0.3 is 10.3 Å². The van der Waals surface area contributed by atoms with Gasteiger partial charge in [0, 0.05) is 19.2 Å². The van der Waals surface area contributed by atoms with Crippen LogP contribution in [0.4, 0.5) is 19.0 Å². The Morgan fingerprint density at radius 3 is 2.70 bits per heavy atom. The Balaban J connectivity index is 1.61. The van der Waals surface area contributed by atoms with Crippen LogP contribution < -0.4 is 16.0 Å². The zero-order valence-corrected chi connectivity index (χ0v) is 17.0. The first-order valence-corrected chi connectivity index (χ1v) is 9.70. The van der Waals surface area contributed by atoms with Crippen LogP contribution in [0.2, 0.25) is 5.02 Å². The first-order valence-electron chi connectivity index (χ1n) is 9.32. The molecular weight excluding hydrogens is 419 g/mol. The lowest BCUT2D eigenvalue weighted by molar-refractivity contribution is -0.137. The van der Waals surface area contributed by atoms with E-state index in [0.29, 0.717) is 18.8 Å². The number of amides is 1. The summed E-state index contributed by atoms with van der Waals surface area (Å²) in [6, 6.07) is 6.81. The van der Waals surface area contributed by atoms with Crippen molar-refractivity contribution in [3.63, 3.8) is 0 Å². The maximum Gasteiger partial charge on any atom is 0.417 e. The van der Waals surface area contributed by atoms with Gasteiger partial charge in [0.15, 0.2) is 0 Å². The first kappa shape index (κ1) is 20.5. The number of carbonyl (C=O) groups is 1. The van der Waals surface area contributed by atoms with Gasteiger partial charge in [-0.15, -0.1) is 5.53 Å². The average molecular weight is 438 g/mol. The van der Waals surface area contributed by atoms with Crippen LogP contribution in [-0.2, 0) is 6.18 Å². The molecular formula is C20H19ClF3N5O. The minimum absolute atomic E-state index is 0.162. The van der Waals surface area contributed by atoms with E-state index in [1.807, 2.05) is 31.0 Å². The van der Waals surface area contributed by atoms with E-state index in [2.05, 4.69) is 15.9 Å². The summed E-state index contributed by atoms with van der Waals surface area (Å²) in [5, 5.41) is 1.23. The number of pyridine rings is 1. The number of carbonyl (C=O) groups excluding carboxylic acids is 1. The van der Waals surface area contributed by atoms with Gasteiger partial charge in [-0.25, -0.2) is 9.99 Å². The highest BCUT2D eigenvalue weighted by Gasteiger charge is 2.39. The quantitative estimate of drug-likeness (QED) is 0.742. The largest absolute Gasteiger partial charge is 0.417 e. The molecule has 2 aromatic rings. The Morgan fingerprint density at radius 2 is 2.03 bits per heavy atom. The zero-order chi connectivity index (χ0) is 21.6. The highest BCUT2D eigenvalue weighted by atomic mass is 35.5. The average Bonchev–Trinajstić information content (AvgIpc) is 3.13. The number of aryl methyl sites for hydroxylation is 1. The lowest BCUT2D eigenvalue weighted by Gasteiger charge is -2.35. The number of halogens is 4. The van der Waals surface area contributed by atoms with Crippen molar-refractivity contribution in [3.8, 4) is 0 Å². The molecule has 1 atom stereocenters. The maximum absolute atomic E-state index is 13.2. The second-order valence-electron chi connectivity index (χ2n) is 7.22. The van der Waals surface area contributed by atoms with Crippen molar-refractivity contribution in [2.75, 3.05) is 11.6 Å². The zero-order valence-electron chi connectivity index (χ0n) is 16.2. The molecule has 4 rings (SSSR count). The van der Waals surface area contributed by atoms with Gasteiger partial charge in [0.05, 0.1) is 33.6 Å². The van der Waals surface area contributed by atoms with Crippen LogP contribution in [0, 0.1) is 6.92 Å². The number of nitrogens with zero attached hydrogens (tertiary/aromatic N) is 3. The molecule has 0 saturated heterocycles. The van der Waals surface area contributed by atoms with Gasteiger partial charge in [-0.1, -0.05) is 23.7 Å². The maximum atomic E-state index is 13.2. The van der Waals surface area contributed by atoms with Crippen molar-refractivity contribution in [2.45, 2.75) is 32.5 Å². The number of alkyl halides is 3. The predicted molar refractivity (Wildman–Crippen MR) is 106 cm³/mol. The number of nitrogens with one attached hydrogen (secondary N) is 2. The van der Waals surface area contributed by atoms with Crippen molar-refractivity contribution >= 4 is 23.3 Å². The fraction of sp³-hybridized carbons (Fsp3) is 0.300. The third kappa shape index (κ3) is 3.48. The number of aromatic nitrogens is 1. The minimum atomic E-state index is -4.63. The van der Waals surface area contributed by atoms with E-state index in [4.69, 9.17) is 11.6 Å². The molecule has 6 nitrogen and oxygen atoms in total. The first-order chi connectivity index (χ1) is 14.2. The van der Waals surface area contributed by atoms with Gasteiger partial charge in [0.25, 0.3) is 5.91 Å². The topological polar surface area (TPSA) is 60.5 Å². The Bertz CT molecular complexity index is 1020. The normalized spacial score (nSPS) is 19.1. The number of hydrazine groups is 2. The number of benzene rings is 1. The van der Waals surface area contributed by atoms with Crippen LogP contribution in [0.25, 0.3) is 0 Å². The molecule has 0 spiro atoms. The minimum Gasteiger partial charge on any atom is -0.330 e. The van der Waals surface area contributed by atoms with E-state index in [1.165, 1.54) is 17.0 Å². The lowest BCUT2D eigenvalue weighted by atomic mass is 10.0. The van der Waals surface area contributed by atoms with E-state index < -0.39 is 28.7 Å². The molecule has 0 saturated carbocycles. The molecule has 1 aromatic heterocycles. The number of hydrogen-bond acceptors (Lipinski definition) is 5. The van der Waals surface area contributed by atoms with Gasteiger partial charge in [-0.2, -0.15) is 13.2 Å². The fourth-order valence-corrected chi connectivity index (χ4v) is 3.99. The third-order valence-electron chi connectivity index (χ3n) is 5.28. The van der Waals surface area contributed by atoms with Crippen molar-refractivity contribution in [2.24, 2.45) is 0 Å². The smallest absolute Gasteiger partial charge is 0.330 e. The number of anilines is 1. The molecule has 2 N–H and O–H groups in total. The van der Waals surface area contributed by atoms with Gasteiger partial charge in [-0.3, -0.25) is 4.79 Å². The molecule has 0 aliphatic carbocycles. The van der Waals surface area contributed by atoms with Gasteiger partial charge >= 0.3 is 6.18 Å². The molecule has 30 heavy (non-hydrogen) atoms. The molecule has 0 radical (unpaired) electrons. The summed E-state index contributed by atoms with van der Waals surface area (Å²) in [5.41, 5.74) is 7.65. The molecule has 1 amide bonds. The predicted octanol–water partition coefficient (Wildman–Crippen LogP) is 4.04. The molecule has 3 heterocycles. The van der Waals surface area contributed by atoms with Crippen LogP contribution >= 0.6 is 11.6 Å². The molecule has 2 aliphatic rings. The third-order valence-corrected chi connectivity index (χ3v) is 5.69. The fourth-order valence-electron chi connectivity index (χ4n) is 3.68. The standard InChI is InChI=1S/C20H19ClF3N5O/c1-11-6-7-16(25-10-11)29-15-8-9-28(12(2)18(15)26-27-29)19(30)13-4-3-5-14(17(13)21)20(22,23)24/h3-7,10,12,26-27H,8-9H2,1-2H3. The SMILES string of the molecule is Cc1ccc(N2NNC3=C2CCN(C(=O)c2cccc(C(F)(F)F)c2Cl)C3C)nc1. The van der Waals surface area contributed by atoms with Crippen molar-refractivity contribution < 1.29 is 18.0 Å². The van der Waals surface area contributed by atoms with E-state index >= 15 is 0 Å². The van der Waals surface area contributed by atoms with Gasteiger partial charge in [0.2, 0.25) is 0 Å². The molecule has 1 unspecified atom stereocenters. The molecule has 10 heteroatoms. The summed E-state index contributed by atoms with van der Waals surface area (Å²) in [7, 11) is 0. The number of hydrogen-bond donors (Lipinski definition) is 2. The van der Waals surface area contributed by atoms with E-state index in [-0.39, 0.29) is 5.56 Å². The van der Waals surface area contributed by atoms with E-state index in [1.54, 1.807) is 6.20 Å². The second-order valence-corrected chi connectivity index (χ2v) is 7.59. The molecule has 0 fully saturated rings. The summed E-state index contributed by atoms with van der Waals surface area (Å²) < 4.78 is 39.5. The Kier molecular flexibility index (Phi) is 5.11. The van der Waals surface area contributed by atoms with Gasteiger partial charge in [0.1, 0.15) is 5.82 Å².